The molecule has 146 valence electrons. The number of hydrazone groups is 1. The molecular weight excluding hydrogens is 380 g/mol. The van der Waals surface area contributed by atoms with E-state index < -0.39 is 9.85 Å². The smallest absolute Gasteiger partial charge is 0.272 e. The van der Waals surface area contributed by atoms with Crippen molar-refractivity contribution in [2.45, 2.75) is 36.7 Å². The van der Waals surface area contributed by atoms with Crippen molar-refractivity contribution >= 4 is 34.5 Å². The minimum absolute atomic E-state index is 0.153. The van der Waals surface area contributed by atoms with E-state index in [2.05, 4.69) is 22.7 Å². The summed E-state index contributed by atoms with van der Waals surface area (Å²) in [5.74, 6) is 0.877. The maximum Gasteiger partial charge on any atom is 0.301 e. The lowest BCUT2D eigenvalue weighted by Crippen LogP contribution is -2.23. The number of anilines is 1. The van der Waals surface area contributed by atoms with Gasteiger partial charge in [-0.05, 0) is 30.9 Å². The quantitative estimate of drug-likeness (QED) is 0.508. The Labute approximate surface area is 166 Å². The number of nitrogens with one attached hydrogen (secondary N) is 1. The summed E-state index contributed by atoms with van der Waals surface area (Å²) < 4.78 is 0. The highest BCUT2D eigenvalue weighted by atomic mass is 32.2. The van der Waals surface area contributed by atoms with Crippen LogP contribution in [0.2, 0.25) is 0 Å². The van der Waals surface area contributed by atoms with E-state index in [1.807, 2.05) is 30.0 Å². The Morgan fingerprint density at radius 3 is 2.57 bits per heavy atom. The molecule has 0 bridgehead atoms. The summed E-state index contributed by atoms with van der Waals surface area (Å²) in [7, 11) is 0. The molecule has 0 heterocycles. The predicted molar refractivity (Wildman–Crippen MR) is 111 cm³/mol. The zero-order valence-electron chi connectivity index (χ0n) is 15.1. The van der Waals surface area contributed by atoms with Gasteiger partial charge in [0.1, 0.15) is 5.69 Å². The fourth-order valence-corrected chi connectivity index (χ4v) is 4.34. The van der Waals surface area contributed by atoms with Gasteiger partial charge in [-0.3, -0.25) is 25.7 Å². The lowest BCUT2D eigenvalue weighted by Gasteiger charge is -2.23. The van der Waals surface area contributed by atoms with Gasteiger partial charge in [-0.1, -0.05) is 36.8 Å². The van der Waals surface area contributed by atoms with Gasteiger partial charge < -0.3 is 0 Å². The van der Waals surface area contributed by atoms with Crippen LogP contribution in [-0.4, -0.2) is 20.8 Å². The molecule has 2 aromatic rings. The molecule has 3 rings (SSSR count). The van der Waals surface area contributed by atoms with Gasteiger partial charge >= 0.3 is 5.69 Å². The second-order valence-corrected chi connectivity index (χ2v) is 7.65. The number of thioether (sulfide) groups is 1. The number of non-ortho nitro benzene ring substituents is 1. The molecule has 0 aliphatic heterocycles. The van der Waals surface area contributed by atoms with Crippen molar-refractivity contribution in [2.24, 2.45) is 5.10 Å². The van der Waals surface area contributed by atoms with Crippen molar-refractivity contribution in [1.29, 1.82) is 0 Å². The molecule has 1 aliphatic rings. The molecule has 8 nitrogen and oxygen atoms in total. The first-order valence-electron chi connectivity index (χ1n) is 8.95. The summed E-state index contributed by atoms with van der Waals surface area (Å²) in [4.78, 5) is 20.8. The van der Waals surface area contributed by atoms with Crippen LogP contribution in [0.4, 0.5) is 17.1 Å². The van der Waals surface area contributed by atoms with E-state index in [1.54, 1.807) is 0 Å². The molecule has 1 aliphatic carbocycles. The third kappa shape index (κ3) is 5.07. The monoisotopic (exact) mass is 400 g/mol. The molecule has 1 N–H and O–H groups in total. The third-order valence-corrected chi connectivity index (χ3v) is 5.93. The van der Waals surface area contributed by atoms with E-state index >= 15 is 0 Å². The van der Waals surface area contributed by atoms with E-state index in [1.165, 1.54) is 17.7 Å². The van der Waals surface area contributed by atoms with Crippen molar-refractivity contribution in [2.75, 3.05) is 5.43 Å². The summed E-state index contributed by atoms with van der Waals surface area (Å²) in [6.07, 6.45) is 4.01. The Morgan fingerprint density at radius 1 is 1.07 bits per heavy atom. The minimum Gasteiger partial charge on any atom is -0.272 e. The van der Waals surface area contributed by atoms with Crippen LogP contribution in [0.15, 0.2) is 53.6 Å². The largest absolute Gasteiger partial charge is 0.301 e. The van der Waals surface area contributed by atoms with Crippen LogP contribution < -0.4 is 5.43 Å². The fourth-order valence-electron chi connectivity index (χ4n) is 3.05. The van der Waals surface area contributed by atoms with Gasteiger partial charge in [-0.15, -0.1) is 11.8 Å². The Bertz CT molecular complexity index is 889. The van der Waals surface area contributed by atoms with E-state index in [-0.39, 0.29) is 22.3 Å². The van der Waals surface area contributed by atoms with Gasteiger partial charge in [-0.25, -0.2) is 0 Å². The van der Waals surface area contributed by atoms with Gasteiger partial charge in [0.25, 0.3) is 5.69 Å². The number of nitro groups is 2. The molecular formula is C19H20N4O4S. The maximum atomic E-state index is 11.3. The van der Waals surface area contributed by atoms with Crippen LogP contribution in [0.1, 0.15) is 31.2 Å². The van der Waals surface area contributed by atoms with Crippen LogP contribution in [0.5, 0.6) is 0 Å². The maximum absolute atomic E-state index is 11.3. The zero-order valence-corrected chi connectivity index (χ0v) is 15.9. The highest BCUT2D eigenvalue weighted by Gasteiger charge is 2.23. The molecule has 0 radical (unpaired) electrons. The highest BCUT2D eigenvalue weighted by Crippen LogP contribution is 2.31. The Hall–Kier alpha value is -2.94. The van der Waals surface area contributed by atoms with Crippen LogP contribution in [0, 0.1) is 20.2 Å². The van der Waals surface area contributed by atoms with Crippen molar-refractivity contribution in [3.63, 3.8) is 0 Å². The normalized spacial score (nSPS) is 18.0. The molecule has 0 amide bonds. The topological polar surface area (TPSA) is 111 Å². The van der Waals surface area contributed by atoms with Gasteiger partial charge in [-0.2, -0.15) is 5.10 Å². The Kier molecular flexibility index (Phi) is 6.59. The van der Waals surface area contributed by atoms with Gasteiger partial charge in [0.05, 0.1) is 21.6 Å². The number of nitro benzene ring substituents is 2. The highest BCUT2D eigenvalue weighted by molar-refractivity contribution is 7.99. The number of rotatable bonds is 7. The summed E-state index contributed by atoms with van der Waals surface area (Å²) in [5.41, 5.74) is 4.46. The average molecular weight is 400 g/mol. The van der Waals surface area contributed by atoms with Crippen molar-refractivity contribution < 1.29 is 9.85 Å². The number of hydrogen-bond acceptors (Lipinski definition) is 7. The number of hydrogen-bond donors (Lipinski definition) is 1. The summed E-state index contributed by atoms with van der Waals surface area (Å²) in [6, 6.07) is 13.7. The molecule has 0 aromatic heterocycles. The molecule has 1 atom stereocenters. The van der Waals surface area contributed by atoms with Crippen molar-refractivity contribution in [3.8, 4) is 0 Å². The molecule has 1 unspecified atom stereocenters. The molecule has 28 heavy (non-hydrogen) atoms. The first-order chi connectivity index (χ1) is 13.5. The zero-order chi connectivity index (χ0) is 19.9. The third-order valence-electron chi connectivity index (χ3n) is 4.52. The first-order valence-corrected chi connectivity index (χ1v) is 10.0. The number of nitrogens with zero attached hydrogens (tertiary/aromatic N) is 3. The second-order valence-electron chi connectivity index (χ2n) is 6.46. The van der Waals surface area contributed by atoms with Crippen molar-refractivity contribution in [1.82, 2.24) is 0 Å². The van der Waals surface area contributed by atoms with Crippen LogP contribution in [0.25, 0.3) is 0 Å². The SMILES string of the molecule is O=[N+]([O-])c1ccc(NN=C2CCCCC2SCc2ccccc2)c([N+](=O)[O-])c1. The summed E-state index contributed by atoms with van der Waals surface area (Å²) in [6.45, 7) is 0. The Balaban J connectivity index is 1.73. The first kappa shape index (κ1) is 19.8. The van der Waals surface area contributed by atoms with Crippen LogP contribution in [-0.2, 0) is 5.75 Å². The standard InChI is InChI=1S/C19H20N4O4S/c24-22(25)15-10-11-16(18(12-15)23(26)27)20-21-17-8-4-5-9-19(17)28-13-14-6-2-1-3-7-14/h1-3,6-7,10-12,19-20H,4-5,8-9,13H2. The molecule has 0 saturated heterocycles. The molecule has 2 aromatic carbocycles. The lowest BCUT2D eigenvalue weighted by molar-refractivity contribution is -0.393. The van der Waals surface area contributed by atoms with E-state index in [9.17, 15) is 20.2 Å². The summed E-state index contributed by atoms with van der Waals surface area (Å²) in [5, 5.41) is 26.8. The van der Waals surface area contributed by atoms with E-state index in [0.717, 1.165) is 43.2 Å². The van der Waals surface area contributed by atoms with Gasteiger partial charge in [0, 0.05) is 17.1 Å². The molecule has 1 saturated carbocycles. The summed E-state index contributed by atoms with van der Waals surface area (Å²) >= 11 is 1.82. The number of benzene rings is 2. The molecule has 1 fully saturated rings. The minimum atomic E-state index is -0.653. The van der Waals surface area contributed by atoms with Crippen LogP contribution in [0.3, 0.4) is 0 Å². The van der Waals surface area contributed by atoms with Gasteiger partial charge in [0.15, 0.2) is 0 Å². The lowest BCUT2D eigenvalue weighted by atomic mass is 9.98. The molecule has 9 heteroatoms. The van der Waals surface area contributed by atoms with Crippen LogP contribution >= 0.6 is 11.8 Å². The second kappa shape index (κ2) is 9.32. The van der Waals surface area contributed by atoms with Gasteiger partial charge in [0.2, 0.25) is 0 Å². The van der Waals surface area contributed by atoms with E-state index in [0.29, 0.717) is 0 Å². The fraction of sp³-hybridized carbons (Fsp3) is 0.316. The Morgan fingerprint density at radius 2 is 1.86 bits per heavy atom. The average Bonchev–Trinajstić information content (AvgIpc) is 2.71. The van der Waals surface area contributed by atoms with E-state index in [4.69, 9.17) is 0 Å². The predicted octanol–water partition coefficient (Wildman–Crippen LogP) is 5.15. The molecule has 0 spiro atoms. The van der Waals surface area contributed by atoms with Crippen molar-refractivity contribution in [3.05, 3.63) is 74.3 Å².